The van der Waals surface area contributed by atoms with Crippen LogP contribution in [0.1, 0.15) is 10.4 Å². The highest BCUT2D eigenvalue weighted by atomic mass is 35.5. The van der Waals surface area contributed by atoms with Gasteiger partial charge in [-0.15, -0.1) is 6.58 Å². The lowest BCUT2D eigenvalue weighted by atomic mass is 10.2. The Balaban J connectivity index is 1.51. The van der Waals surface area contributed by atoms with Crippen molar-refractivity contribution in [2.24, 2.45) is 0 Å². The van der Waals surface area contributed by atoms with Crippen LogP contribution >= 0.6 is 11.6 Å². The molecule has 2 aromatic rings. The Hall–Kier alpha value is -2.99. The highest BCUT2D eigenvalue weighted by Crippen LogP contribution is 2.21. The minimum atomic E-state index is -0.171. The van der Waals surface area contributed by atoms with Crippen molar-refractivity contribution >= 4 is 34.9 Å². The second-order valence-corrected chi connectivity index (χ2v) is 6.90. The SMILES string of the molecule is C=CCNC(=O)c1ccc(NC(=O)N2CCN(c3cccc(Cl)c3)CC2)cc1. The standard InChI is InChI=1S/C21H23ClN4O2/c1-2-10-23-20(27)16-6-8-18(9-7-16)24-21(28)26-13-11-25(12-14-26)19-5-3-4-17(22)15-19/h2-9,15H,1,10-14H2,(H,23,27)(H,24,28). The summed E-state index contributed by atoms with van der Waals surface area (Å²) in [5.74, 6) is -0.171. The predicted molar refractivity (Wildman–Crippen MR) is 113 cm³/mol. The largest absolute Gasteiger partial charge is 0.368 e. The maximum Gasteiger partial charge on any atom is 0.321 e. The van der Waals surface area contributed by atoms with Crippen molar-refractivity contribution in [3.05, 3.63) is 71.8 Å². The lowest BCUT2D eigenvalue weighted by molar-refractivity contribution is 0.0958. The van der Waals surface area contributed by atoms with Crippen molar-refractivity contribution in [1.29, 1.82) is 0 Å². The number of nitrogens with one attached hydrogen (secondary N) is 2. The minimum absolute atomic E-state index is 0.144. The molecule has 3 rings (SSSR count). The Bertz CT molecular complexity index is 846. The summed E-state index contributed by atoms with van der Waals surface area (Å²) >= 11 is 6.06. The van der Waals surface area contributed by atoms with Crippen LogP contribution in [-0.2, 0) is 0 Å². The van der Waals surface area contributed by atoms with Crippen molar-refractivity contribution < 1.29 is 9.59 Å². The molecule has 2 aromatic carbocycles. The van der Waals surface area contributed by atoms with Gasteiger partial charge in [-0.3, -0.25) is 4.79 Å². The van der Waals surface area contributed by atoms with Crippen LogP contribution in [-0.4, -0.2) is 49.6 Å². The zero-order chi connectivity index (χ0) is 19.9. The van der Waals surface area contributed by atoms with Crippen LogP contribution in [0.2, 0.25) is 5.02 Å². The van der Waals surface area contributed by atoms with Crippen molar-refractivity contribution in [2.75, 3.05) is 42.9 Å². The number of carbonyl (C=O) groups excluding carboxylic acids is 2. The molecule has 3 amide bonds. The molecule has 28 heavy (non-hydrogen) atoms. The Kier molecular flexibility index (Phi) is 6.55. The molecule has 1 aliphatic rings. The van der Waals surface area contributed by atoms with E-state index in [4.69, 9.17) is 11.6 Å². The van der Waals surface area contributed by atoms with Gasteiger partial charge in [0.15, 0.2) is 0 Å². The summed E-state index contributed by atoms with van der Waals surface area (Å²) in [7, 11) is 0. The minimum Gasteiger partial charge on any atom is -0.368 e. The lowest BCUT2D eigenvalue weighted by Gasteiger charge is -2.36. The topological polar surface area (TPSA) is 64.7 Å². The van der Waals surface area contributed by atoms with E-state index in [-0.39, 0.29) is 11.9 Å². The molecule has 1 aliphatic heterocycles. The third-order valence-electron chi connectivity index (χ3n) is 4.55. The average molecular weight is 399 g/mol. The third-order valence-corrected chi connectivity index (χ3v) is 4.78. The summed E-state index contributed by atoms with van der Waals surface area (Å²) in [6, 6.07) is 14.4. The molecule has 0 spiro atoms. The van der Waals surface area contributed by atoms with E-state index in [0.717, 1.165) is 18.8 Å². The van der Waals surface area contributed by atoms with E-state index in [0.29, 0.717) is 35.9 Å². The van der Waals surface area contributed by atoms with Crippen molar-refractivity contribution in [3.8, 4) is 0 Å². The summed E-state index contributed by atoms with van der Waals surface area (Å²) in [4.78, 5) is 28.4. The van der Waals surface area contributed by atoms with Gasteiger partial charge in [-0.1, -0.05) is 23.7 Å². The van der Waals surface area contributed by atoms with E-state index in [1.165, 1.54) is 0 Å². The molecule has 6 nitrogen and oxygen atoms in total. The molecule has 0 aliphatic carbocycles. The van der Waals surface area contributed by atoms with E-state index in [2.05, 4.69) is 22.1 Å². The normalized spacial score (nSPS) is 13.8. The number of carbonyl (C=O) groups is 2. The second-order valence-electron chi connectivity index (χ2n) is 6.46. The molecule has 1 heterocycles. The van der Waals surface area contributed by atoms with Crippen LogP contribution in [0.15, 0.2) is 61.2 Å². The van der Waals surface area contributed by atoms with Gasteiger partial charge in [-0.2, -0.15) is 0 Å². The molecular weight excluding hydrogens is 376 g/mol. The van der Waals surface area contributed by atoms with Gasteiger partial charge >= 0.3 is 6.03 Å². The average Bonchev–Trinajstić information content (AvgIpc) is 2.72. The first kappa shape index (κ1) is 19.8. The van der Waals surface area contributed by atoms with Crippen LogP contribution in [0.3, 0.4) is 0 Å². The molecule has 0 radical (unpaired) electrons. The summed E-state index contributed by atoms with van der Waals surface area (Å²) < 4.78 is 0. The molecule has 0 aromatic heterocycles. The van der Waals surface area contributed by atoms with Crippen molar-refractivity contribution in [1.82, 2.24) is 10.2 Å². The Labute approximate surface area is 169 Å². The van der Waals surface area contributed by atoms with Crippen LogP contribution in [0.5, 0.6) is 0 Å². The predicted octanol–water partition coefficient (Wildman–Crippen LogP) is 3.61. The third kappa shape index (κ3) is 5.04. The summed E-state index contributed by atoms with van der Waals surface area (Å²) in [5.41, 5.74) is 2.26. The van der Waals surface area contributed by atoms with Crippen LogP contribution in [0.4, 0.5) is 16.2 Å². The van der Waals surface area contributed by atoms with E-state index < -0.39 is 0 Å². The van der Waals surface area contributed by atoms with Crippen molar-refractivity contribution in [3.63, 3.8) is 0 Å². The van der Waals surface area contributed by atoms with E-state index >= 15 is 0 Å². The summed E-state index contributed by atoms with van der Waals surface area (Å²) in [5, 5.41) is 6.31. The lowest BCUT2D eigenvalue weighted by Crippen LogP contribution is -2.50. The van der Waals surface area contributed by atoms with Crippen molar-refractivity contribution in [2.45, 2.75) is 0 Å². The monoisotopic (exact) mass is 398 g/mol. The number of hydrogen-bond donors (Lipinski definition) is 2. The van der Waals surface area contributed by atoms with Crippen LogP contribution in [0.25, 0.3) is 0 Å². The quantitative estimate of drug-likeness (QED) is 0.756. The molecular formula is C21H23ClN4O2. The van der Waals surface area contributed by atoms with Crippen LogP contribution in [0, 0.1) is 0 Å². The van der Waals surface area contributed by atoms with Gasteiger partial charge in [-0.25, -0.2) is 4.79 Å². The molecule has 2 N–H and O–H groups in total. The molecule has 146 valence electrons. The van der Waals surface area contributed by atoms with E-state index in [1.54, 1.807) is 35.2 Å². The molecule has 0 bridgehead atoms. The fraction of sp³-hybridized carbons (Fsp3) is 0.238. The molecule has 7 heteroatoms. The smallest absolute Gasteiger partial charge is 0.321 e. The molecule has 0 atom stereocenters. The Morgan fingerprint density at radius 1 is 1.07 bits per heavy atom. The molecule has 1 fully saturated rings. The van der Waals surface area contributed by atoms with Gasteiger partial charge in [0.25, 0.3) is 5.91 Å². The molecule has 1 saturated heterocycles. The number of halogens is 1. The van der Waals surface area contributed by atoms with E-state index in [1.807, 2.05) is 24.3 Å². The first-order valence-corrected chi connectivity index (χ1v) is 9.50. The summed E-state index contributed by atoms with van der Waals surface area (Å²) in [6.45, 7) is 6.73. The van der Waals surface area contributed by atoms with E-state index in [9.17, 15) is 9.59 Å². The fourth-order valence-corrected chi connectivity index (χ4v) is 3.20. The first-order chi connectivity index (χ1) is 13.6. The van der Waals surface area contributed by atoms with Gasteiger partial charge in [0.2, 0.25) is 0 Å². The second kappa shape index (κ2) is 9.28. The number of anilines is 2. The highest BCUT2D eigenvalue weighted by Gasteiger charge is 2.21. The maximum absolute atomic E-state index is 12.5. The zero-order valence-electron chi connectivity index (χ0n) is 15.5. The van der Waals surface area contributed by atoms with Gasteiger partial charge in [0, 0.05) is 54.7 Å². The number of amides is 3. The highest BCUT2D eigenvalue weighted by molar-refractivity contribution is 6.30. The Morgan fingerprint density at radius 2 is 1.79 bits per heavy atom. The van der Waals surface area contributed by atoms with Crippen LogP contribution < -0.4 is 15.5 Å². The van der Waals surface area contributed by atoms with Gasteiger partial charge in [0.05, 0.1) is 0 Å². The zero-order valence-corrected chi connectivity index (χ0v) is 16.3. The Morgan fingerprint density at radius 3 is 2.43 bits per heavy atom. The number of rotatable bonds is 5. The van der Waals surface area contributed by atoms with Gasteiger partial charge < -0.3 is 20.4 Å². The first-order valence-electron chi connectivity index (χ1n) is 9.12. The van der Waals surface area contributed by atoms with Gasteiger partial charge in [-0.05, 0) is 42.5 Å². The number of piperazine rings is 1. The molecule has 0 unspecified atom stereocenters. The number of hydrogen-bond acceptors (Lipinski definition) is 3. The number of nitrogens with zero attached hydrogens (tertiary/aromatic N) is 2. The maximum atomic E-state index is 12.5. The number of benzene rings is 2. The number of urea groups is 1. The molecule has 0 saturated carbocycles. The fourth-order valence-electron chi connectivity index (χ4n) is 3.01. The van der Waals surface area contributed by atoms with Gasteiger partial charge in [0.1, 0.15) is 0 Å². The summed E-state index contributed by atoms with van der Waals surface area (Å²) in [6.07, 6.45) is 1.62.